The van der Waals surface area contributed by atoms with E-state index in [1.807, 2.05) is 24.4 Å². The van der Waals surface area contributed by atoms with Crippen molar-refractivity contribution in [2.75, 3.05) is 6.61 Å². The standard InChI is InChI=1S/C10H12N2O3/c1-7-4-2-3-5-8(7)15-6-9(13)12-10(11)14/h2-5H,6H2,1H3,(H3,11,12,13,14). The molecule has 1 aromatic carbocycles. The Balaban J connectivity index is 2.47. The predicted molar refractivity (Wildman–Crippen MR) is 54.4 cm³/mol. The van der Waals surface area contributed by atoms with Gasteiger partial charge in [-0.2, -0.15) is 0 Å². The van der Waals surface area contributed by atoms with Gasteiger partial charge in [0.2, 0.25) is 0 Å². The molecule has 0 fully saturated rings. The molecule has 0 unspecified atom stereocenters. The number of urea groups is 1. The minimum atomic E-state index is -0.881. The molecule has 0 saturated heterocycles. The molecule has 1 rings (SSSR count). The van der Waals surface area contributed by atoms with E-state index in [1.165, 1.54) is 0 Å². The second-order valence-electron chi connectivity index (χ2n) is 2.97. The highest BCUT2D eigenvalue weighted by molar-refractivity contribution is 5.94. The van der Waals surface area contributed by atoms with Crippen LogP contribution in [0.5, 0.6) is 5.75 Å². The summed E-state index contributed by atoms with van der Waals surface area (Å²) in [7, 11) is 0. The molecule has 0 heterocycles. The Morgan fingerprint density at radius 3 is 2.67 bits per heavy atom. The van der Waals surface area contributed by atoms with E-state index in [2.05, 4.69) is 0 Å². The molecular weight excluding hydrogens is 196 g/mol. The molecule has 0 atom stereocenters. The molecule has 0 bridgehead atoms. The number of nitrogens with two attached hydrogens (primary N) is 1. The van der Waals surface area contributed by atoms with Crippen LogP contribution < -0.4 is 15.8 Å². The molecule has 80 valence electrons. The number of aryl methyl sites for hydroxylation is 1. The minimum Gasteiger partial charge on any atom is -0.483 e. The van der Waals surface area contributed by atoms with Gasteiger partial charge in [0.05, 0.1) is 0 Å². The van der Waals surface area contributed by atoms with Gasteiger partial charge in [-0.3, -0.25) is 10.1 Å². The zero-order valence-corrected chi connectivity index (χ0v) is 8.32. The van der Waals surface area contributed by atoms with Gasteiger partial charge >= 0.3 is 6.03 Å². The van der Waals surface area contributed by atoms with Crippen molar-refractivity contribution in [2.24, 2.45) is 5.73 Å². The average molecular weight is 208 g/mol. The number of primary amides is 1. The number of hydrogen-bond donors (Lipinski definition) is 2. The average Bonchev–Trinajstić information content (AvgIpc) is 2.15. The number of rotatable bonds is 3. The van der Waals surface area contributed by atoms with Crippen LogP contribution in [0.1, 0.15) is 5.56 Å². The number of hydrogen-bond acceptors (Lipinski definition) is 3. The number of benzene rings is 1. The van der Waals surface area contributed by atoms with Crippen molar-refractivity contribution < 1.29 is 14.3 Å². The van der Waals surface area contributed by atoms with Gasteiger partial charge in [0.25, 0.3) is 5.91 Å². The summed E-state index contributed by atoms with van der Waals surface area (Å²) in [6.07, 6.45) is 0. The van der Waals surface area contributed by atoms with Crippen LogP contribution in [0.25, 0.3) is 0 Å². The van der Waals surface area contributed by atoms with Gasteiger partial charge in [0.15, 0.2) is 6.61 Å². The first-order valence-corrected chi connectivity index (χ1v) is 4.37. The molecule has 0 aliphatic heterocycles. The molecular formula is C10H12N2O3. The second-order valence-corrected chi connectivity index (χ2v) is 2.97. The Hall–Kier alpha value is -2.04. The molecule has 0 radical (unpaired) electrons. The molecule has 0 saturated carbocycles. The molecule has 3 amide bonds. The van der Waals surface area contributed by atoms with Crippen molar-refractivity contribution >= 4 is 11.9 Å². The Labute approximate surface area is 87.2 Å². The van der Waals surface area contributed by atoms with Gasteiger partial charge < -0.3 is 10.5 Å². The summed E-state index contributed by atoms with van der Waals surface area (Å²) in [5, 5.41) is 1.91. The highest BCUT2D eigenvalue weighted by Crippen LogP contribution is 2.15. The van der Waals surface area contributed by atoms with Crippen molar-refractivity contribution in [3.63, 3.8) is 0 Å². The lowest BCUT2D eigenvalue weighted by Gasteiger charge is -2.07. The third-order valence-corrected chi connectivity index (χ3v) is 1.71. The molecule has 1 aromatic rings. The summed E-state index contributed by atoms with van der Waals surface area (Å²) in [4.78, 5) is 21.3. The normalized spacial score (nSPS) is 9.40. The van der Waals surface area contributed by atoms with Gasteiger partial charge in [-0.15, -0.1) is 0 Å². The fraction of sp³-hybridized carbons (Fsp3) is 0.200. The summed E-state index contributed by atoms with van der Waals surface area (Å²) >= 11 is 0. The van der Waals surface area contributed by atoms with E-state index in [1.54, 1.807) is 12.1 Å². The lowest BCUT2D eigenvalue weighted by atomic mass is 10.2. The van der Waals surface area contributed by atoms with Crippen LogP contribution in [-0.4, -0.2) is 18.5 Å². The molecule has 3 N–H and O–H groups in total. The number of carbonyl (C=O) groups is 2. The lowest BCUT2D eigenvalue weighted by Crippen LogP contribution is -2.38. The van der Waals surface area contributed by atoms with Gasteiger partial charge in [-0.1, -0.05) is 18.2 Å². The summed E-state index contributed by atoms with van der Waals surface area (Å²) in [6.45, 7) is 1.63. The summed E-state index contributed by atoms with van der Waals surface area (Å²) in [5.41, 5.74) is 5.69. The van der Waals surface area contributed by atoms with Gasteiger partial charge in [0.1, 0.15) is 5.75 Å². The Morgan fingerprint density at radius 2 is 2.07 bits per heavy atom. The first kappa shape index (κ1) is 11.0. The monoisotopic (exact) mass is 208 g/mol. The Morgan fingerprint density at radius 1 is 1.40 bits per heavy atom. The first-order valence-electron chi connectivity index (χ1n) is 4.37. The van der Waals surface area contributed by atoms with Crippen LogP contribution in [0.3, 0.4) is 0 Å². The number of nitrogens with one attached hydrogen (secondary N) is 1. The number of ether oxygens (including phenoxy) is 1. The highest BCUT2D eigenvalue weighted by atomic mass is 16.5. The smallest absolute Gasteiger partial charge is 0.318 e. The molecule has 0 aliphatic carbocycles. The maximum atomic E-state index is 11.0. The fourth-order valence-corrected chi connectivity index (χ4v) is 1.04. The summed E-state index contributed by atoms with van der Waals surface area (Å²) < 4.78 is 5.18. The van der Waals surface area contributed by atoms with Crippen LogP contribution in [0.15, 0.2) is 24.3 Å². The largest absolute Gasteiger partial charge is 0.483 e. The van der Waals surface area contributed by atoms with E-state index in [0.717, 1.165) is 5.56 Å². The van der Waals surface area contributed by atoms with Crippen molar-refractivity contribution in [2.45, 2.75) is 6.92 Å². The van der Waals surface area contributed by atoms with Gasteiger partial charge in [0, 0.05) is 0 Å². The number of carbonyl (C=O) groups excluding carboxylic acids is 2. The van der Waals surface area contributed by atoms with Crippen LogP contribution in [0.4, 0.5) is 4.79 Å². The third kappa shape index (κ3) is 3.68. The molecule has 0 aliphatic rings. The quantitative estimate of drug-likeness (QED) is 0.761. The van der Waals surface area contributed by atoms with E-state index in [9.17, 15) is 9.59 Å². The van der Waals surface area contributed by atoms with E-state index < -0.39 is 11.9 Å². The first-order chi connectivity index (χ1) is 7.09. The summed E-state index contributed by atoms with van der Waals surface area (Å²) in [5.74, 6) is 0.0443. The maximum Gasteiger partial charge on any atom is 0.318 e. The Bertz CT molecular complexity index is 377. The minimum absolute atomic E-state index is 0.228. The van der Waals surface area contributed by atoms with E-state index in [4.69, 9.17) is 10.5 Å². The Kier molecular flexibility index (Phi) is 3.68. The predicted octanol–water partition coefficient (Wildman–Crippen LogP) is 0.569. The molecule has 5 heteroatoms. The molecule has 0 spiro atoms. The lowest BCUT2D eigenvalue weighted by molar-refractivity contribution is -0.121. The van der Waals surface area contributed by atoms with Gasteiger partial charge in [-0.05, 0) is 18.6 Å². The van der Waals surface area contributed by atoms with Crippen LogP contribution in [0, 0.1) is 6.92 Å². The maximum absolute atomic E-state index is 11.0. The van der Waals surface area contributed by atoms with Crippen LogP contribution in [-0.2, 0) is 4.79 Å². The van der Waals surface area contributed by atoms with Crippen molar-refractivity contribution in [1.29, 1.82) is 0 Å². The van der Waals surface area contributed by atoms with Crippen LogP contribution in [0.2, 0.25) is 0 Å². The second kappa shape index (κ2) is 4.99. The molecule has 0 aromatic heterocycles. The third-order valence-electron chi connectivity index (χ3n) is 1.71. The molecule has 15 heavy (non-hydrogen) atoms. The van der Waals surface area contributed by atoms with Gasteiger partial charge in [-0.25, -0.2) is 4.79 Å². The van der Waals surface area contributed by atoms with E-state index in [-0.39, 0.29) is 6.61 Å². The van der Waals surface area contributed by atoms with Crippen molar-refractivity contribution in [3.8, 4) is 5.75 Å². The van der Waals surface area contributed by atoms with E-state index in [0.29, 0.717) is 5.75 Å². The van der Waals surface area contributed by atoms with E-state index >= 15 is 0 Å². The zero-order chi connectivity index (χ0) is 11.3. The van der Waals surface area contributed by atoms with Crippen LogP contribution >= 0.6 is 0 Å². The summed E-state index contributed by atoms with van der Waals surface area (Å²) in [6, 6.07) is 6.39. The zero-order valence-electron chi connectivity index (χ0n) is 8.32. The highest BCUT2D eigenvalue weighted by Gasteiger charge is 2.05. The van der Waals surface area contributed by atoms with Crippen molar-refractivity contribution in [1.82, 2.24) is 5.32 Å². The van der Waals surface area contributed by atoms with Crippen molar-refractivity contribution in [3.05, 3.63) is 29.8 Å². The number of para-hydroxylation sites is 1. The number of amides is 3. The topological polar surface area (TPSA) is 81.4 Å². The molecule has 5 nitrogen and oxygen atoms in total. The fourth-order valence-electron chi connectivity index (χ4n) is 1.04. The number of imide groups is 1. The SMILES string of the molecule is Cc1ccccc1OCC(=O)NC(N)=O.